The van der Waals surface area contributed by atoms with Crippen molar-refractivity contribution < 1.29 is 0 Å². The monoisotopic (exact) mass is 241 g/mol. The van der Waals surface area contributed by atoms with Gasteiger partial charge in [0.25, 0.3) is 0 Å². The van der Waals surface area contributed by atoms with Gasteiger partial charge in [0, 0.05) is 6.54 Å². The third-order valence-electron chi connectivity index (χ3n) is 4.09. The highest BCUT2D eigenvalue weighted by molar-refractivity contribution is 4.85. The van der Waals surface area contributed by atoms with E-state index in [0.717, 1.165) is 18.9 Å². The van der Waals surface area contributed by atoms with Gasteiger partial charge in [-0.1, -0.05) is 13.8 Å². The van der Waals surface area contributed by atoms with Gasteiger partial charge in [-0.2, -0.15) is 0 Å². The van der Waals surface area contributed by atoms with E-state index < -0.39 is 0 Å². The van der Waals surface area contributed by atoms with E-state index in [9.17, 15) is 0 Å². The molecule has 0 amide bonds. The summed E-state index contributed by atoms with van der Waals surface area (Å²) in [5.41, 5.74) is 6.01. The van der Waals surface area contributed by atoms with Crippen molar-refractivity contribution in [1.82, 2.24) is 9.80 Å². The molecule has 1 heterocycles. The number of nitrogens with two attached hydrogens (primary N) is 1. The predicted octanol–water partition coefficient (Wildman–Crippen LogP) is 1.64. The van der Waals surface area contributed by atoms with E-state index in [0.29, 0.717) is 5.41 Å². The molecule has 3 heteroatoms. The molecule has 0 saturated carbocycles. The molecule has 0 aromatic rings. The SMILES string of the molecule is CN(C)CC(C)(C)C1CCN(CCCN)CC1. The Morgan fingerprint density at radius 3 is 2.29 bits per heavy atom. The first kappa shape index (κ1) is 14.9. The highest BCUT2D eigenvalue weighted by atomic mass is 15.1. The van der Waals surface area contributed by atoms with Crippen LogP contribution in [0.2, 0.25) is 0 Å². The minimum absolute atomic E-state index is 0.448. The van der Waals surface area contributed by atoms with Crippen LogP contribution in [-0.2, 0) is 0 Å². The summed E-state index contributed by atoms with van der Waals surface area (Å²) in [4.78, 5) is 4.90. The van der Waals surface area contributed by atoms with Gasteiger partial charge in [0.2, 0.25) is 0 Å². The van der Waals surface area contributed by atoms with E-state index in [1.54, 1.807) is 0 Å². The van der Waals surface area contributed by atoms with Crippen molar-refractivity contribution in [2.24, 2.45) is 17.1 Å². The summed E-state index contributed by atoms with van der Waals surface area (Å²) >= 11 is 0. The Morgan fingerprint density at radius 2 is 1.82 bits per heavy atom. The van der Waals surface area contributed by atoms with Crippen LogP contribution < -0.4 is 5.73 Å². The maximum Gasteiger partial charge on any atom is 0.00293 e. The average molecular weight is 241 g/mol. The zero-order chi connectivity index (χ0) is 12.9. The summed E-state index contributed by atoms with van der Waals surface area (Å²) in [5, 5.41) is 0. The van der Waals surface area contributed by atoms with Crippen LogP contribution in [0.3, 0.4) is 0 Å². The number of nitrogens with zero attached hydrogens (tertiary/aromatic N) is 2. The van der Waals surface area contributed by atoms with Crippen molar-refractivity contribution >= 4 is 0 Å². The van der Waals surface area contributed by atoms with Gasteiger partial charge >= 0.3 is 0 Å². The molecule has 0 aromatic carbocycles. The van der Waals surface area contributed by atoms with E-state index in [-0.39, 0.29) is 0 Å². The number of hydrogen-bond acceptors (Lipinski definition) is 3. The number of rotatable bonds is 6. The maximum absolute atomic E-state index is 5.56. The van der Waals surface area contributed by atoms with Crippen LogP contribution in [-0.4, -0.2) is 56.6 Å². The Bertz CT molecular complexity index is 206. The molecule has 102 valence electrons. The molecule has 1 rings (SSSR count). The molecular formula is C14H31N3. The molecule has 1 saturated heterocycles. The average Bonchev–Trinajstić information content (AvgIpc) is 2.25. The largest absolute Gasteiger partial charge is 0.330 e. The molecule has 0 spiro atoms. The summed E-state index contributed by atoms with van der Waals surface area (Å²) in [6, 6.07) is 0. The molecule has 0 aliphatic carbocycles. The summed E-state index contributed by atoms with van der Waals surface area (Å²) in [7, 11) is 4.36. The van der Waals surface area contributed by atoms with Crippen LogP contribution in [0, 0.1) is 11.3 Å². The number of hydrogen-bond donors (Lipinski definition) is 1. The zero-order valence-corrected chi connectivity index (χ0v) is 12.2. The van der Waals surface area contributed by atoms with E-state index >= 15 is 0 Å². The lowest BCUT2D eigenvalue weighted by atomic mass is 9.73. The minimum Gasteiger partial charge on any atom is -0.330 e. The third kappa shape index (κ3) is 4.94. The van der Waals surface area contributed by atoms with Crippen LogP contribution in [0.4, 0.5) is 0 Å². The van der Waals surface area contributed by atoms with Crippen molar-refractivity contribution in [2.45, 2.75) is 33.1 Å². The Labute approximate surface area is 107 Å². The molecule has 3 nitrogen and oxygen atoms in total. The second-order valence-corrected chi connectivity index (χ2v) is 6.48. The van der Waals surface area contributed by atoms with Crippen molar-refractivity contribution in [2.75, 3.05) is 46.8 Å². The van der Waals surface area contributed by atoms with Crippen molar-refractivity contribution in [3.8, 4) is 0 Å². The predicted molar refractivity (Wildman–Crippen MR) is 75.2 cm³/mol. The van der Waals surface area contributed by atoms with Gasteiger partial charge < -0.3 is 15.5 Å². The first-order valence-corrected chi connectivity index (χ1v) is 7.03. The molecule has 1 fully saturated rings. The number of likely N-dealkylation sites (tertiary alicyclic amines) is 1. The lowest BCUT2D eigenvalue weighted by Crippen LogP contribution is -2.43. The van der Waals surface area contributed by atoms with Crippen molar-refractivity contribution in [1.29, 1.82) is 0 Å². The smallest absolute Gasteiger partial charge is 0.00293 e. The molecule has 1 aliphatic rings. The third-order valence-corrected chi connectivity index (χ3v) is 4.09. The van der Waals surface area contributed by atoms with E-state index in [4.69, 9.17) is 5.73 Å². The van der Waals surface area contributed by atoms with Gasteiger partial charge in [-0.05, 0) is 70.9 Å². The topological polar surface area (TPSA) is 32.5 Å². The Morgan fingerprint density at radius 1 is 1.24 bits per heavy atom. The summed E-state index contributed by atoms with van der Waals surface area (Å²) in [6.07, 6.45) is 3.85. The van der Waals surface area contributed by atoms with Gasteiger partial charge in [0.05, 0.1) is 0 Å². The molecule has 0 atom stereocenters. The summed E-state index contributed by atoms with van der Waals surface area (Å²) < 4.78 is 0. The van der Waals surface area contributed by atoms with Crippen LogP contribution >= 0.6 is 0 Å². The second-order valence-electron chi connectivity index (χ2n) is 6.48. The highest BCUT2D eigenvalue weighted by Crippen LogP contribution is 2.35. The van der Waals surface area contributed by atoms with E-state index in [1.807, 2.05) is 0 Å². The van der Waals surface area contributed by atoms with Gasteiger partial charge in [-0.25, -0.2) is 0 Å². The molecule has 0 radical (unpaired) electrons. The van der Waals surface area contributed by atoms with Crippen LogP contribution in [0.5, 0.6) is 0 Å². The van der Waals surface area contributed by atoms with E-state index in [2.05, 4.69) is 37.7 Å². The van der Waals surface area contributed by atoms with Crippen LogP contribution in [0.15, 0.2) is 0 Å². The maximum atomic E-state index is 5.56. The Kier molecular flexibility index (Phi) is 5.90. The Hall–Kier alpha value is -0.120. The van der Waals surface area contributed by atoms with Crippen molar-refractivity contribution in [3.63, 3.8) is 0 Å². The van der Waals surface area contributed by atoms with E-state index in [1.165, 1.54) is 39.0 Å². The molecule has 0 bridgehead atoms. The van der Waals surface area contributed by atoms with Gasteiger partial charge in [-0.3, -0.25) is 0 Å². The molecule has 0 aromatic heterocycles. The fraction of sp³-hybridized carbons (Fsp3) is 1.00. The Balaban J connectivity index is 2.35. The number of piperidine rings is 1. The van der Waals surface area contributed by atoms with Gasteiger partial charge in [0.1, 0.15) is 0 Å². The van der Waals surface area contributed by atoms with Crippen LogP contribution in [0.25, 0.3) is 0 Å². The fourth-order valence-electron chi connectivity index (χ4n) is 3.20. The summed E-state index contributed by atoms with van der Waals surface area (Å²) in [6.45, 7) is 10.6. The van der Waals surface area contributed by atoms with Gasteiger partial charge in [-0.15, -0.1) is 0 Å². The van der Waals surface area contributed by atoms with Crippen LogP contribution in [0.1, 0.15) is 33.1 Å². The minimum atomic E-state index is 0.448. The standard InChI is InChI=1S/C14H31N3/c1-14(2,12-16(3)4)13-6-10-17(11-7-13)9-5-8-15/h13H,5-12,15H2,1-4H3. The normalized spacial score (nSPS) is 20.1. The second kappa shape index (κ2) is 6.72. The molecule has 0 unspecified atom stereocenters. The lowest BCUT2D eigenvalue weighted by Gasteiger charge is -2.42. The molecular weight excluding hydrogens is 210 g/mol. The molecule has 17 heavy (non-hydrogen) atoms. The molecule has 2 N–H and O–H groups in total. The molecule has 1 aliphatic heterocycles. The quantitative estimate of drug-likeness (QED) is 0.767. The fourth-order valence-corrected chi connectivity index (χ4v) is 3.20. The first-order valence-electron chi connectivity index (χ1n) is 7.03. The first-order chi connectivity index (χ1) is 7.95. The summed E-state index contributed by atoms with van der Waals surface area (Å²) in [5.74, 6) is 0.874. The lowest BCUT2D eigenvalue weighted by molar-refractivity contribution is 0.0784. The highest BCUT2D eigenvalue weighted by Gasteiger charge is 2.32. The zero-order valence-electron chi connectivity index (χ0n) is 12.2. The van der Waals surface area contributed by atoms with Gasteiger partial charge in [0.15, 0.2) is 0 Å². The van der Waals surface area contributed by atoms with Crippen molar-refractivity contribution in [3.05, 3.63) is 0 Å².